The van der Waals surface area contributed by atoms with Gasteiger partial charge in [0, 0.05) is 14.8 Å². The lowest BCUT2D eigenvalue weighted by Crippen LogP contribution is -2.30. The van der Waals surface area contributed by atoms with Crippen molar-refractivity contribution in [2.45, 2.75) is 0 Å². The first-order valence-corrected chi connectivity index (χ1v) is 8.46. The van der Waals surface area contributed by atoms with Crippen LogP contribution in [-0.2, 0) is 0 Å². The van der Waals surface area contributed by atoms with Gasteiger partial charge in [0.1, 0.15) is 12.0 Å². The molecule has 0 fully saturated rings. The van der Waals surface area contributed by atoms with Gasteiger partial charge in [-0.1, -0.05) is 18.2 Å². The normalized spacial score (nSPS) is 10.1. The molecule has 0 saturated heterocycles. The molecule has 0 aliphatic heterocycles. The van der Waals surface area contributed by atoms with Gasteiger partial charge in [-0.05, 0) is 59.0 Å². The van der Waals surface area contributed by atoms with Crippen LogP contribution in [0.4, 0.5) is 23.0 Å². The van der Waals surface area contributed by atoms with Crippen molar-refractivity contribution < 1.29 is 4.79 Å². The zero-order chi connectivity index (χ0) is 17.6. The van der Waals surface area contributed by atoms with E-state index in [1.807, 2.05) is 30.3 Å². The van der Waals surface area contributed by atoms with E-state index >= 15 is 0 Å². The van der Waals surface area contributed by atoms with Crippen LogP contribution in [0.5, 0.6) is 0 Å². The number of amides is 1. The van der Waals surface area contributed by atoms with E-state index in [2.05, 4.69) is 48.7 Å². The molecule has 0 bridgehead atoms. The highest BCUT2D eigenvalue weighted by atomic mass is 127. The molecule has 0 unspecified atom stereocenters. The van der Waals surface area contributed by atoms with Gasteiger partial charge in [0.15, 0.2) is 11.6 Å². The monoisotopic (exact) mass is 446 g/mol. The number of hydrogen-bond acceptors (Lipinski definition) is 6. The number of nitrogens with one attached hydrogen (secondary N) is 3. The molecule has 3 rings (SSSR count). The van der Waals surface area contributed by atoms with Crippen LogP contribution < -0.4 is 21.9 Å². The summed E-state index contributed by atoms with van der Waals surface area (Å²) in [5.74, 6) is 0.478. The predicted molar refractivity (Wildman–Crippen MR) is 106 cm³/mol. The summed E-state index contributed by atoms with van der Waals surface area (Å²) in [6.45, 7) is 0. The summed E-state index contributed by atoms with van der Waals surface area (Å²) in [5, 5.41) is 3.13. The second-order valence-electron chi connectivity index (χ2n) is 5.06. The first-order valence-electron chi connectivity index (χ1n) is 7.38. The zero-order valence-electron chi connectivity index (χ0n) is 13.0. The van der Waals surface area contributed by atoms with Crippen molar-refractivity contribution in [1.29, 1.82) is 0 Å². The molecule has 1 heterocycles. The summed E-state index contributed by atoms with van der Waals surface area (Å²) in [6, 6.07) is 16.6. The lowest BCUT2D eigenvalue weighted by atomic mass is 10.2. The number of hydrogen-bond donors (Lipinski definition) is 4. The topological polar surface area (TPSA) is 105 Å². The van der Waals surface area contributed by atoms with Gasteiger partial charge in [0.2, 0.25) is 0 Å². The highest BCUT2D eigenvalue weighted by molar-refractivity contribution is 14.1. The third-order valence-corrected chi connectivity index (χ3v) is 4.04. The molecule has 0 spiro atoms. The van der Waals surface area contributed by atoms with Crippen LogP contribution in [0.1, 0.15) is 10.4 Å². The fourth-order valence-corrected chi connectivity index (χ4v) is 2.40. The number of nitrogens with two attached hydrogens (primary N) is 1. The molecule has 0 saturated carbocycles. The Morgan fingerprint density at radius 1 is 0.960 bits per heavy atom. The van der Waals surface area contributed by atoms with Gasteiger partial charge >= 0.3 is 0 Å². The van der Waals surface area contributed by atoms with Crippen molar-refractivity contribution in [3.63, 3.8) is 0 Å². The van der Waals surface area contributed by atoms with Gasteiger partial charge in [-0.2, -0.15) is 0 Å². The zero-order valence-corrected chi connectivity index (χ0v) is 15.2. The standard InChI is InChI=1S/C17H15IN6O/c18-12-6-8-13(9-7-12)22-15-14(19)16(21-10-20-15)23-24-17(25)11-4-2-1-3-5-11/h1-10H,19H2,(H,24,25)(H2,20,21,22,23). The molecule has 0 radical (unpaired) electrons. The van der Waals surface area contributed by atoms with E-state index < -0.39 is 0 Å². The number of rotatable bonds is 5. The van der Waals surface area contributed by atoms with Crippen LogP contribution in [0.3, 0.4) is 0 Å². The Hall–Kier alpha value is -2.88. The maximum Gasteiger partial charge on any atom is 0.269 e. The number of anilines is 4. The molecule has 0 aliphatic carbocycles. The van der Waals surface area contributed by atoms with Crippen molar-refractivity contribution in [2.75, 3.05) is 16.5 Å². The van der Waals surface area contributed by atoms with Crippen molar-refractivity contribution >= 4 is 51.5 Å². The van der Waals surface area contributed by atoms with Crippen molar-refractivity contribution in [3.05, 3.63) is 70.1 Å². The van der Waals surface area contributed by atoms with Gasteiger partial charge in [0.25, 0.3) is 5.91 Å². The second kappa shape index (κ2) is 7.79. The highest BCUT2D eigenvalue weighted by Gasteiger charge is 2.10. The minimum Gasteiger partial charge on any atom is -0.393 e. The maximum atomic E-state index is 12.1. The second-order valence-corrected chi connectivity index (χ2v) is 6.31. The summed E-state index contributed by atoms with van der Waals surface area (Å²) in [7, 11) is 0. The number of aromatic nitrogens is 2. The number of carbonyl (C=O) groups is 1. The molecule has 3 aromatic rings. The van der Waals surface area contributed by atoms with Gasteiger partial charge in [-0.25, -0.2) is 9.97 Å². The van der Waals surface area contributed by atoms with E-state index in [-0.39, 0.29) is 5.91 Å². The first kappa shape index (κ1) is 17.0. The molecule has 8 heteroatoms. The largest absolute Gasteiger partial charge is 0.393 e. The lowest BCUT2D eigenvalue weighted by Gasteiger charge is -2.13. The quantitative estimate of drug-likeness (QED) is 0.355. The average molecular weight is 446 g/mol. The summed E-state index contributed by atoms with van der Waals surface area (Å²) >= 11 is 2.23. The molecule has 25 heavy (non-hydrogen) atoms. The first-order chi connectivity index (χ1) is 12.1. The number of carbonyl (C=O) groups excluding carboxylic acids is 1. The van der Waals surface area contributed by atoms with Crippen LogP contribution >= 0.6 is 22.6 Å². The van der Waals surface area contributed by atoms with E-state index in [1.54, 1.807) is 24.3 Å². The Morgan fingerprint density at radius 2 is 1.64 bits per heavy atom. The molecular weight excluding hydrogens is 431 g/mol. The Labute approximate surface area is 158 Å². The highest BCUT2D eigenvalue weighted by Crippen LogP contribution is 2.25. The Bertz CT molecular complexity index is 870. The summed E-state index contributed by atoms with van der Waals surface area (Å²) < 4.78 is 1.13. The average Bonchev–Trinajstić information content (AvgIpc) is 2.64. The van der Waals surface area contributed by atoms with Crippen molar-refractivity contribution in [2.24, 2.45) is 0 Å². The number of nitrogen functional groups attached to an aromatic ring is 1. The van der Waals surface area contributed by atoms with E-state index in [1.165, 1.54) is 6.33 Å². The third-order valence-electron chi connectivity index (χ3n) is 3.32. The van der Waals surface area contributed by atoms with E-state index in [0.29, 0.717) is 22.9 Å². The van der Waals surface area contributed by atoms with Crippen LogP contribution in [0.25, 0.3) is 0 Å². The van der Waals surface area contributed by atoms with Crippen LogP contribution in [0, 0.1) is 3.57 Å². The minimum atomic E-state index is -0.286. The van der Waals surface area contributed by atoms with E-state index in [0.717, 1.165) is 9.26 Å². The van der Waals surface area contributed by atoms with Crippen LogP contribution in [0.15, 0.2) is 60.9 Å². The molecular formula is C17H15IN6O. The van der Waals surface area contributed by atoms with Gasteiger partial charge in [-0.3, -0.25) is 15.6 Å². The molecule has 0 atom stereocenters. The number of halogens is 1. The van der Waals surface area contributed by atoms with E-state index in [9.17, 15) is 4.79 Å². The van der Waals surface area contributed by atoms with Crippen molar-refractivity contribution in [3.8, 4) is 0 Å². The Morgan fingerprint density at radius 3 is 2.36 bits per heavy atom. The minimum absolute atomic E-state index is 0.286. The maximum absolute atomic E-state index is 12.1. The third kappa shape index (κ3) is 4.35. The fraction of sp³-hybridized carbons (Fsp3) is 0. The summed E-state index contributed by atoms with van der Waals surface area (Å²) in [6.07, 6.45) is 1.36. The molecule has 1 aromatic heterocycles. The van der Waals surface area contributed by atoms with Gasteiger partial charge in [0.05, 0.1) is 0 Å². The summed E-state index contributed by atoms with van der Waals surface area (Å²) in [4.78, 5) is 20.3. The SMILES string of the molecule is Nc1c(NNC(=O)c2ccccc2)ncnc1Nc1ccc(I)cc1. The molecule has 2 aromatic carbocycles. The van der Waals surface area contributed by atoms with Crippen LogP contribution in [-0.4, -0.2) is 15.9 Å². The van der Waals surface area contributed by atoms with E-state index in [4.69, 9.17) is 5.73 Å². The molecule has 5 N–H and O–H groups in total. The molecule has 1 amide bonds. The van der Waals surface area contributed by atoms with Gasteiger partial charge in [-0.15, -0.1) is 0 Å². The predicted octanol–water partition coefficient (Wildman–Crippen LogP) is 3.16. The molecule has 7 nitrogen and oxygen atoms in total. The number of hydrazine groups is 1. The Kier molecular flexibility index (Phi) is 5.29. The van der Waals surface area contributed by atoms with Crippen molar-refractivity contribution in [1.82, 2.24) is 15.4 Å². The van der Waals surface area contributed by atoms with Gasteiger partial charge < -0.3 is 11.1 Å². The molecule has 0 aliphatic rings. The smallest absolute Gasteiger partial charge is 0.269 e. The number of benzene rings is 2. The lowest BCUT2D eigenvalue weighted by molar-refractivity contribution is 0.0962. The number of nitrogens with zero attached hydrogens (tertiary/aromatic N) is 2. The van der Waals surface area contributed by atoms with Crippen LogP contribution in [0.2, 0.25) is 0 Å². The summed E-state index contributed by atoms with van der Waals surface area (Å²) in [5.41, 5.74) is 13.1. The fourth-order valence-electron chi connectivity index (χ4n) is 2.04. The molecule has 126 valence electrons. The Balaban J connectivity index is 1.70.